The van der Waals surface area contributed by atoms with Crippen molar-refractivity contribution in [3.8, 4) is 22.8 Å². The summed E-state index contributed by atoms with van der Waals surface area (Å²) in [5.41, 5.74) is 3.09. The number of aromatic nitrogens is 3. The second-order valence-electron chi connectivity index (χ2n) is 6.92. The minimum absolute atomic E-state index is 0.00813. The van der Waals surface area contributed by atoms with Gasteiger partial charge in [-0.1, -0.05) is 17.7 Å². The molecule has 156 valence electrons. The minimum Gasteiger partial charge on any atom is -0.494 e. The summed E-state index contributed by atoms with van der Waals surface area (Å²) < 4.78 is 20.4. The van der Waals surface area contributed by atoms with Gasteiger partial charge in [0.25, 0.3) is 5.91 Å². The second kappa shape index (κ2) is 8.79. The molecule has 0 atom stereocenters. The topological polar surface area (TPSA) is 69.0 Å². The van der Waals surface area contributed by atoms with Gasteiger partial charge >= 0.3 is 0 Å². The maximum absolute atomic E-state index is 13.4. The number of amides is 1. The van der Waals surface area contributed by atoms with E-state index in [9.17, 15) is 9.18 Å². The summed E-state index contributed by atoms with van der Waals surface area (Å²) in [6, 6.07) is 20.7. The highest BCUT2D eigenvalue weighted by atomic mass is 19.1. The van der Waals surface area contributed by atoms with Crippen LogP contribution in [0.5, 0.6) is 5.75 Å². The molecular formula is C24H21FN4O2. The van der Waals surface area contributed by atoms with E-state index in [-0.39, 0.29) is 11.6 Å². The molecule has 0 radical (unpaired) electrons. The number of anilines is 1. The van der Waals surface area contributed by atoms with E-state index in [0.717, 1.165) is 17.0 Å². The highest BCUT2D eigenvalue weighted by Crippen LogP contribution is 2.23. The number of hydrogen-bond acceptors (Lipinski definition) is 4. The van der Waals surface area contributed by atoms with Crippen LogP contribution in [0.25, 0.3) is 17.1 Å². The van der Waals surface area contributed by atoms with Crippen LogP contribution in [0.2, 0.25) is 0 Å². The predicted octanol–water partition coefficient (Wildman–Crippen LogP) is 5.03. The van der Waals surface area contributed by atoms with Crippen molar-refractivity contribution in [1.82, 2.24) is 14.8 Å². The number of benzene rings is 3. The highest BCUT2D eigenvalue weighted by Gasteiger charge is 2.19. The number of ether oxygens (including phenoxy) is 1. The molecule has 0 aliphatic carbocycles. The number of aryl methyl sites for hydroxylation is 1. The van der Waals surface area contributed by atoms with Crippen molar-refractivity contribution in [1.29, 1.82) is 0 Å². The molecule has 0 spiro atoms. The van der Waals surface area contributed by atoms with Crippen LogP contribution in [0.1, 0.15) is 23.1 Å². The number of hydrogen-bond donors (Lipinski definition) is 1. The quantitative estimate of drug-likeness (QED) is 0.479. The van der Waals surface area contributed by atoms with Gasteiger partial charge in [0.2, 0.25) is 5.82 Å². The Kier molecular flexibility index (Phi) is 5.75. The third-order valence-electron chi connectivity index (χ3n) is 4.61. The summed E-state index contributed by atoms with van der Waals surface area (Å²) in [6.07, 6.45) is 0. The third kappa shape index (κ3) is 4.61. The summed E-state index contributed by atoms with van der Waals surface area (Å²) in [4.78, 5) is 17.3. The van der Waals surface area contributed by atoms with Crippen molar-refractivity contribution in [2.24, 2.45) is 0 Å². The molecule has 1 amide bonds. The van der Waals surface area contributed by atoms with Crippen LogP contribution in [-0.4, -0.2) is 27.3 Å². The fraction of sp³-hybridized carbons (Fsp3) is 0.125. The highest BCUT2D eigenvalue weighted by molar-refractivity contribution is 6.01. The Balaban J connectivity index is 1.67. The first kappa shape index (κ1) is 20.3. The van der Waals surface area contributed by atoms with Gasteiger partial charge in [-0.05, 0) is 74.5 Å². The van der Waals surface area contributed by atoms with Gasteiger partial charge < -0.3 is 10.1 Å². The zero-order chi connectivity index (χ0) is 21.8. The molecule has 0 aliphatic rings. The normalized spacial score (nSPS) is 10.7. The molecule has 7 heteroatoms. The van der Waals surface area contributed by atoms with Gasteiger partial charge in [-0.2, -0.15) is 0 Å². The van der Waals surface area contributed by atoms with Crippen molar-refractivity contribution >= 4 is 11.6 Å². The first-order chi connectivity index (χ1) is 15.0. The molecule has 4 rings (SSSR count). The van der Waals surface area contributed by atoms with Gasteiger partial charge in [0.15, 0.2) is 5.82 Å². The van der Waals surface area contributed by atoms with Crippen LogP contribution in [0.15, 0.2) is 72.8 Å². The zero-order valence-electron chi connectivity index (χ0n) is 17.2. The molecule has 0 aliphatic heterocycles. The Morgan fingerprint density at radius 3 is 2.32 bits per heavy atom. The van der Waals surface area contributed by atoms with Gasteiger partial charge in [0.1, 0.15) is 11.6 Å². The lowest BCUT2D eigenvalue weighted by molar-refractivity contribution is 0.101. The molecule has 1 heterocycles. The van der Waals surface area contributed by atoms with Crippen molar-refractivity contribution in [2.45, 2.75) is 13.8 Å². The summed E-state index contributed by atoms with van der Waals surface area (Å²) in [5.74, 6) is 0.382. The van der Waals surface area contributed by atoms with Crippen molar-refractivity contribution in [3.63, 3.8) is 0 Å². The second-order valence-corrected chi connectivity index (χ2v) is 6.92. The lowest BCUT2D eigenvalue weighted by Gasteiger charge is -2.06. The first-order valence-electron chi connectivity index (χ1n) is 9.88. The van der Waals surface area contributed by atoms with E-state index in [1.165, 1.54) is 12.1 Å². The van der Waals surface area contributed by atoms with E-state index in [0.29, 0.717) is 23.7 Å². The van der Waals surface area contributed by atoms with Crippen LogP contribution in [-0.2, 0) is 0 Å². The van der Waals surface area contributed by atoms with Gasteiger partial charge in [-0.15, -0.1) is 5.10 Å². The maximum atomic E-state index is 13.4. The molecule has 0 saturated heterocycles. The molecule has 4 aromatic rings. The SMILES string of the molecule is CCOc1ccc(NC(=O)c2nc(-c3ccc(F)cc3)n(-c3ccc(C)cc3)n2)cc1. The Bertz CT molecular complexity index is 1120. The molecule has 0 unspecified atom stereocenters. The zero-order valence-corrected chi connectivity index (χ0v) is 17.2. The average Bonchev–Trinajstić information content (AvgIpc) is 3.22. The minimum atomic E-state index is -0.446. The molecule has 6 nitrogen and oxygen atoms in total. The van der Waals surface area contributed by atoms with Crippen LogP contribution >= 0.6 is 0 Å². The Morgan fingerprint density at radius 1 is 1.00 bits per heavy atom. The van der Waals surface area contributed by atoms with Crippen LogP contribution in [0, 0.1) is 12.7 Å². The van der Waals surface area contributed by atoms with Crippen LogP contribution in [0.4, 0.5) is 10.1 Å². The lowest BCUT2D eigenvalue weighted by atomic mass is 10.2. The molecule has 31 heavy (non-hydrogen) atoms. The van der Waals surface area contributed by atoms with E-state index >= 15 is 0 Å². The molecule has 0 bridgehead atoms. The number of halogens is 1. The molecule has 1 aromatic heterocycles. The lowest BCUT2D eigenvalue weighted by Crippen LogP contribution is -2.14. The van der Waals surface area contributed by atoms with Crippen LogP contribution < -0.4 is 10.1 Å². The summed E-state index contributed by atoms with van der Waals surface area (Å²) in [5, 5.41) is 7.22. The number of rotatable bonds is 6. The van der Waals surface area contributed by atoms with Crippen molar-refractivity contribution < 1.29 is 13.9 Å². The third-order valence-corrected chi connectivity index (χ3v) is 4.61. The van der Waals surface area contributed by atoms with Crippen molar-refractivity contribution in [2.75, 3.05) is 11.9 Å². The van der Waals surface area contributed by atoms with E-state index in [1.54, 1.807) is 41.1 Å². The maximum Gasteiger partial charge on any atom is 0.295 e. The van der Waals surface area contributed by atoms with Crippen LogP contribution in [0.3, 0.4) is 0 Å². The Morgan fingerprint density at radius 2 is 1.68 bits per heavy atom. The van der Waals surface area contributed by atoms with Gasteiger partial charge in [-0.3, -0.25) is 4.79 Å². The predicted molar refractivity (Wildman–Crippen MR) is 117 cm³/mol. The summed E-state index contributed by atoms with van der Waals surface area (Å²) in [7, 11) is 0. The van der Waals surface area contributed by atoms with Crippen molar-refractivity contribution in [3.05, 3.63) is 90.0 Å². The van der Waals surface area contributed by atoms with E-state index in [1.807, 2.05) is 38.1 Å². The fourth-order valence-corrected chi connectivity index (χ4v) is 3.05. The summed E-state index contributed by atoms with van der Waals surface area (Å²) >= 11 is 0. The molecule has 1 N–H and O–H groups in total. The standard InChI is InChI=1S/C24H21FN4O2/c1-3-31-21-14-10-19(11-15-21)26-24(30)22-27-23(17-6-8-18(25)9-7-17)29(28-22)20-12-4-16(2)5-13-20/h4-15H,3H2,1-2H3,(H,26,30). The number of nitrogens with zero attached hydrogens (tertiary/aromatic N) is 3. The fourth-order valence-electron chi connectivity index (χ4n) is 3.05. The largest absolute Gasteiger partial charge is 0.494 e. The number of carbonyl (C=O) groups excluding carboxylic acids is 1. The molecular weight excluding hydrogens is 395 g/mol. The van der Waals surface area contributed by atoms with E-state index < -0.39 is 5.91 Å². The van der Waals surface area contributed by atoms with E-state index in [2.05, 4.69) is 15.4 Å². The molecule has 0 fully saturated rings. The Hall–Kier alpha value is -4.00. The number of carbonyl (C=O) groups is 1. The van der Waals surface area contributed by atoms with Gasteiger partial charge in [0.05, 0.1) is 12.3 Å². The average molecular weight is 416 g/mol. The monoisotopic (exact) mass is 416 g/mol. The van der Waals surface area contributed by atoms with Gasteiger partial charge in [0, 0.05) is 11.3 Å². The molecule has 3 aromatic carbocycles. The van der Waals surface area contributed by atoms with E-state index in [4.69, 9.17) is 4.74 Å². The molecule has 0 saturated carbocycles. The first-order valence-corrected chi connectivity index (χ1v) is 9.88. The number of nitrogens with one attached hydrogen (secondary N) is 1. The smallest absolute Gasteiger partial charge is 0.295 e. The van der Waals surface area contributed by atoms with Gasteiger partial charge in [-0.25, -0.2) is 14.1 Å². The Labute approximate surface area is 179 Å². The summed E-state index contributed by atoms with van der Waals surface area (Å²) in [6.45, 7) is 4.46.